The number of amides is 1. The van der Waals surface area contributed by atoms with Gasteiger partial charge in [0, 0.05) is 5.56 Å². The molecule has 2 N–H and O–H groups in total. The van der Waals surface area contributed by atoms with Gasteiger partial charge in [-0.25, -0.2) is 8.78 Å². The van der Waals surface area contributed by atoms with E-state index in [-0.39, 0.29) is 11.3 Å². The molecular formula is C11H12F2N2O. The van der Waals surface area contributed by atoms with E-state index in [2.05, 4.69) is 10.6 Å². The Morgan fingerprint density at radius 1 is 1.38 bits per heavy atom. The first-order valence-corrected chi connectivity index (χ1v) is 5.17. The van der Waals surface area contributed by atoms with Crippen molar-refractivity contribution in [2.75, 3.05) is 11.9 Å². The number of nitrogens with one attached hydrogen (secondary N) is 2. The van der Waals surface area contributed by atoms with Crippen molar-refractivity contribution in [2.45, 2.75) is 19.4 Å². The molecule has 0 bridgehead atoms. The summed E-state index contributed by atoms with van der Waals surface area (Å²) in [5.74, 6) is -1.58. The summed E-state index contributed by atoms with van der Waals surface area (Å²) in [6.45, 7) is 2.51. The molecule has 3 nitrogen and oxygen atoms in total. The van der Waals surface area contributed by atoms with Crippen molar-refractivity contribution in [3.8, 4) is 0 Å². The summed E-state index contributed by atoms with van der Waals surface area (Å²) in [7, 11) is 0. The van der Waals surface area contributed by atoms with Crippen LogP contribution in [0.3, 0.4) is 0 Å². The Morgan fingerprint density at radius 3 is 2.75 bits per heavy atom. The number of hydrogen-bond acceptors (Lipinski definition) is 2. The standard InChI is InChI=1S/C11H12F2N2O/c1-2-5-14-10-8-6(12)3-4-7(13)9(8)15-11(10)16/h3-4,10,14H,2,5H2,1H3,(H,15,16). The molecule has 2 rings (SSSR count). The lowest BCUT2D eigenvalue weighted by Crippen LogP contribution is -2.28. The molecule has 0 spiro atoms. The predicted octanol–water partition coefficient (Wildman–Crippen LogP) is 1.96. The van der Waals surface area contributed by atoms with E-state index in [1.54, 1.807) is 0 Å². The van der Waals surface area contributed by atoms with E-state index in [0.29, 0.717) is 6.54 Å². The Kier molecular flexibility index (Phi) is 2.87. The molecule has 0 saturated heterocycles. The van der Waals surface area contributed by atoms with Gasteiger partial charge in [-0.2, -0.15) is 0 Å². The summed E-state index contributed by atoms with van der Waals surface area (Å²) in [5.41, 5.74) is 0.0389. The summed E-state index contributed by atoms with van der Waals surface area (Å²) < 4.78 is 26.9. The average molecular weight is 226 g/mol. The number of halogens is 2. The second-order valence-electron chi connectivity index (χ2n) is 3.69. The van der Waals surface area contributed by atoms with Gasteiger partial charge in [0.1, 0.15) is 17.7 Å². The summed E-state index contributed by atoms with van der Waals surface area (Å²) in [5, 5.41) is 5.24. The molecule has 86 valence electrons. The highest BCUT2D eigenvalue weighted by atomic mass is 19.1. The van der Waals surface area contributed by atoms with Crippen LogP contribution >= 0.6 is 0 Å². The SMILES string of the molecule is CCCNC1C(=O)Nc2c(F)ccc(F)c21. The van der Waals surface area contributed by atoms with Crippen molar-refractivity contribution in [3.63, 3.8) is 0 Å². The zero-order valence-corrected chi connectivity index (χ0v) is 8.81. The zero-order chi connectivity index (χ0) is 11.7. The Balaban J connectivity index is 2.39. The van der Waals surface area contributed by atoms with Crippen LogP contribution in [0.4, 0.5) is 14.5 Å². The van der Waals surface area contributed by atoms with Gasteiger partial charge in [0.15, 0.2) is 0 Å². The van der Waals surface area contributed by atoms with Gasteiger partial charge in [-0.15, -0.1) is 0 Å². The van der Waals surface area contributed by atoms with Crippen LogP contribution in [0, 0.1) is 11.6 Å². The number of fused-ring (bicyclic) bond motifs is 1. The van der Waals surface area contributed by atoms with Crippen LogP contribution < -0.4 is 10.6 Å². The predicted molar refractivity (Wildman–Crippen MR) is 56.0 cm³/mol. The lowest BCUT2D eigenvalue weighted by atomic mass is 10.1. The quantitative estimate of drug-likeness (QED) is 0.827. The van der Waals surface area contributed by atoms with Crippen molar-refractivity contribution < 1.29 is 13.6 Å². The minimum absolute atomic E-state index is 0.0430. The van der Waals surface area contributed by atoms with Crippen LogP contribution in [0.2, 0.25) is 0 Å². The maximum Gasteiger partial charge on any atom is 0.246 e. The van der Waals surface area contributed by atoms with E-state index < -0.39 is 23.6 Å². The first-order valence-electron chi connectivity index (χ1n) is 5.17. The van der Waals surface area contributed by atoms with Gasteiger partial charge in [0.25, 0.3) is 0 Å². The van der Waals surface area contributed by atoms with E-state index in [1.165, 1.54) is 0 Å². The van der Waals surface area contributed by atoms with Gasteiger partial charge in [-0.3, -0.25) is 4.79 Å². The zero-order valence-electron chi connectivity index (χ0n) is 8.81. The minimum Gasteiger partial charge on any atom is -0.322 e. The van der Waals surface area contributed by atoms with Crippen molar-refractivity contribution in [1.82, 2.24) is 5.32 Å². The van der Waals surface area contributed by atoms with Crippen molar-refractivity contribution >= 4 is 11.6 Å². The van der Waals surface area contributed by atoms with E-state index in [1.807, 2.05) is 6.92 Å². The van der Waals surface area contributed by atoms with E-state index >= 15 is 0 Å². The fourth-order valence-corrected chi connectivity index (χ4v) is 1.79. The second-order valence-corrected chi connectivity index (χ2v) is 3.69. The van der Waals surface area contributed by atoms with E-state index in [9.17, 15) is 13.6 Å². The molecule has 0 radical (unpaired) electrons. The molecule has 1 heterocycles. The van der Waals surface area contributed by atoms with Gasteiger partial charge in [0.05, 0.1) is 5.69 Å². The number of carbonyl (C=O) groups excluding carboxylic acids is 1. The number of anilines is 1. The number of rotatable bonds is 3. The van der Waals surface area contributed by atoms with Crippen molar-refractivity contribution in [1.29, 1.82) is 0 Å². The highest BCUT2D eigenvalue weighted by Crippen LogP contribution is 2.34. The van der Waals surface area contributed by atoms with Crippen LogP contribution in [-0.2, 0) is 4.79 Å². The van der Waals surface area contributed by atoms with Crippen molar-refractivity contribution in [2.24, 2.45) is 0 Å². The van der Waals surface area contributed by atoms with Crippen LogP contribution in [-0.4, -0.2) is 12.5 Å². The molecule has 1 amide bonds. The molecule has 1 aliphatic rings. The molecule has 16 heavy (non-hydrogen) atoms. The minimum atomic E-state index is -0.786. The third kappa shape index (κ3) is 1.67. The summed E-state index contributed by atoms with van der Waals surface area (Å²) in [6.07, 6.45) is 0.816. The van der Waals surface area contributed by atoms with Crippen molar-refractivity contribution in [3.05, 3.63) is 29.3 Å². The summed E-state index contributed by atoms with van der Waals surface area (Å²) >= 11 is 0. The molecular weight excluding hydrogens is 214 g/mol. The molecule has 1 aliphatic heterocycles. The lowest BCUT2D eigenvalue weighted by molar-refractivity contribution is -0.117. The smallest absolute Gasteiger partial charge is 0.246 e. The molecule has 1 atom stereocenters. The fourth-order valence-electron chi connectivity index (χ4n) is 1.79. The summed E-state index contributed by atoms with van der Waals surface area (Å²) in [6, 6.07) is 1.26. The van der Waals surface area contributed by atoms with Gasteiger partial charge < -0.3 is 10.6 Å². The summed E-state index contributed by atoms with van der Waals surface area (Å²) in [4.78, 5) is 11.5. The van der Waals surface area contributed by atoms with Crippen LogP contribution in [0.15, 0.2) is 12.1 Å². The Bertz CT molecular complexity index is 434. The number of hydrogen-bond donors (Lipinski definition) is 2. The average Bonchev–Trinajstić information content (AvgIpc) is 2.59. The molecule has 1 unspecified atom stereocenters. The third-order valence-electron chi connectivity index (χ3n) is 2.54. The second kappa shape index (κ2) is 4.17. The molecule has 1 aromatic carbocycles. The van der Waals surface area contributed by atoms with Crippen LogP contribution in [0.25, 0.3) is 0 Å². The third-order valence-corrected chi connectivity index (χ3v) is 2.54. The number of carbonyl (C=O) groups is 1. The van der Waals surface area contributed by atoms with E-state index in [0.717, 1.165) is 18.6 Å². The molecule has 0 saturated carbocycles. The van der Waals surface area contributed by atoms with Crippen LogP contribution in [0.1, 0.15) is 24.9 Å². The first kappa shape index (κ1) is 11.0. The Labute approximate surface area is 91.8 Å². The monoisotopic (exact) mass is 226 g/mol. The maximum absolute atomic E-state index is 13.5. The Morgan fingerprint density at radius 2 is 2.06 bits per heavy atom. The molecule has 5 heteroatoms. The van der Waals surface area contributed by atoms with Gasteiger partial charge in [-0.1, -0.05) is 6.92 Å². The first-order chi connectivity index (χ1) is 7.65. The molecule has 1 aromatic rings. The lowest BCUT2D eigenvalue weighted by Gasteiger charge is -2.10. The van der Waals surface area contributed by atoms with E-state index in [4.69, 9.17) is 0 Å². The normalized spacial score (nSPS) is 18.4. The largest absolute Gasteiger partial charge is 0.322 e. The fraction of sp³-hybridized carbons (Fsp3) is 0.364. The topological polar surface area (TPSA) is 41.1 Å². The Hall–Kier alpha value is -1.49. The van der Waals surface area contributed by atoms with Gasteiger partial charge in [-0.05, 0) is 25.1 Å². The highest BCUT2D eigenvalue weighted by Gasteiger charge is 2.34. The molecule has 0 aliphatic carbocycles. The highest BCUT2D eigenvalue weighted by molar-refractivity contribution is 6.02. The number of benzene rings is 1. The van der Waals surface area contributed by atoms with Gasteiger partial charge in [0.2, 0.25) is 5.91 Å². The molecule has 0 fully saturated rings. The maximum atomic E-state index is 13.5. The molecule has 0 aromatic heterocycles. The van der Waals surface area contributed by atoms with Crippen LogP contribution in [0.5, 0.6) is 0 Å². The van der Waals surface area contributed by atoms with Gasteiger partial charge >= 0.3 is 0 Å².